The van der Waals surface area contributed by atoms with Gasteiger partial charge in [-0.3, -0.25) is 14.7 Å². The zero-order valence-corrected chi connectivity index (χ0v) is 57.9. The fraction of sp³-hybridized carbons (Fsp3) is 0.775. The molecule has 14 nitrogen and oxygen atoms in total. The Kier molecular flexibility index (Phi) is 28.6. The zero-order chi connectivity index (χ0) is 64.4. The third-order valence-corrected chi connectivity index (χ3v) is 21.6. The van der Waals surface area contributed by atoms with Crippen LogP contribution in [0.3, 0.4) is 0 Å². The molecule has 6 N–H and O–H groups in total. The summed E-state index contributed by atoms with van der Waals surface area (Å²) < 4.78 is 47.5. The van der Waals surface area contributed by atoms with Crippen molar-refractivity contribution in [2.24, 2.45) is 28.7 Å². The summed E-state index contributed by atoms with van der Waals surface area (Å²) in [4.78, 5) is 31.6. The number of aryl methyl sites for hydroxylation is 1. The molecule has 7 rings (SSSR count). The molecule has 4 aliphatic heterocycles. The Morgan fingerprint density at radius 2 is 1.57 bits per heavy atom. The highest BCUT2D eigenvalue weighted by atomic mass is 35.5. The summed E-state index contributed by atoms with van der Waals surface area (Å²) in [6, 6.07) is 5.83. The molecule has 4 heterocycles. The van der Waals surface area contributed by atoms with Gasteiger partial charge in [-0.2, -0.15) is 13.2 Å². The Hall–Kier alpha value is -3.68. The van der Waals surface area contributed by atoms with Crippen LogP contribution in [0, 0.1) is 23.7 Å². The Bertz CT molecular complexity index is 2470. The molecular weight excluding hydrogens is 1150 g/mol. The second-order valence-electron chi connectivity index (χ2n) is 28.4. The lowest BCUT2D eigenvalue weighted by molar-refractivity contribution is -0.162. The molecule has 0 aromatic heterocycles. The first-order valence-corrected chi connectivity index (χ1v) is 35.4. The van der Waals surface area contributed by atoms with Crippen LogP contribution in [-0.2, 0) is 22.1 Å². The minimum atomic E-state index is -4.52. The molecule has 18 heteroatoms. The van der Waals surface area contributed by atoms with Gasteiger partial charge < -0.3 is 56.2 Å². The molecule has 12 atom stereocenters. The van der Waals surface area contributed by atoms with Crippen LogP contribution < -0.4 is 31.9 Å². The highest BCUT2D eigenvalue weighted by molar-refractivity contribution is 6.31. The van der Waals surface area contributed by atoms with E-state index in [1.165, 1.54) is 43.5 Å². The lowest BCUT2D eigenvalue weighted by Gasteiger charge is -2.60. The number of fused-ring (bicyclic) bond motifs is 2. The van der Waals surface area contributed by atoms with Gasteiger partial charge >= 0.3 is 6.18 Å². The molecule has 0 bridgehead atoms. The third kappa shape index (κ3) is 20.7. The van der Waals surface area contributed by atoms with Crippen molar-refractivity contribution in [2.45, 2.75) is 258 Å². The van der Waals surface area contributed by atoms with Crippen molar-refractivity contribution in [3.8, 4) is 0 Å². The quantitative estimate of drug-likeness (QED) is 0.113. The molecule has 5 unspecified atom stereocenters. The van der Waals surface area contributed by atoms with Crippen molar-refractivity contribution < 1.29 is 22.7 Å². The van der Waals surface area contributed by atoms with E-state index < -0.39 is 11.7 Å². The van der Waals surface area contributed by atoms with E-state index in [0.29, 0.717) is 56.2 Å². The summed E-state index contributed by atoms with van der Waals surface area (Å²) >= 11 is 6.19. The van der Waals surface area contributed by atoms with Crippen LogP contribution in [0.5, 0.6) is 0 Å². The number of hydrogen-bond acceptors (Lipinski definition) is 13. The Morgan fingerprint density at radius 1 is 0.843 bits per heavy atom. The number of nitrogens with zero attached hydrogens (tertiary/aromatic N) is 6. The van der Waals surface area contributed by atoms with Gasteiger partial charge in [-0.05, 0) is 160 Å². The van der Waals surface area contributed by atoms with Gasteiger partial charge in [-0.25, -0.2) is 0 Å². The van der Waals surface area contributed by atoms with Gasteiger partial charge in [0.2, 0.25) is 5.91 Å². The lowest BCUT2D eigenvalue weighted by atomic mass is 9.74. The van der Waals surface area contributed by atoms with Crippen molar-refractivity contribution >= 4 is 23.7 Å². The Balaban J connectivity index is 1.19. The Labute approximate surface area is 541 Å². The highest BCUT2D eigenvalue weighted by Gasteiger charge is 2.55. The molecule has 1 aromatic carbocycles. The van der Waals surface area contributed by atoms with E-state index in [0.717, 1.165) is 133 Å². The predicted octanol–water partition coefficient (Wildman–Crippen LogP) is 12.3. The number of amides is 1. The SMILES string of the molecule is CC[C@H](C)[C@H]1C(C)NC2(CCCC2)CNCCN=CC=C(CCc2ccc(C(F)(F)F)c(Cl)c2)NC=CN(C)C=C(COC2CCC2)N(C)C=C2CCCN2[C@@H](C)C(C)N[C@@H]([C@@H](C)CC)CN[C@@H](CC(C)C)C(C)NCC2[C@@H](C(=O)N3CCCCC3)C(C)N21. The second kappa shape index (κ2) is 35.0. The van der Waals surface area contributed by atoms with E-state index in [4.69, 9.17) is 21.3 Å². The number of nitrogens with one attached hydrogen (secondary N) is 6. The maximum absolute atomic E-state index is 14.9. The summed E-state index contributed by atoms with van der Waals surface area (Å²) in [5, 5.41) is 23.9. The van der Waals surface area contributed by atoms with E-state index in [2.05, 4.69) is 147 Å². The number of hydrogen-bond donors (Lipinski definition) is 6. The summed E-state index contributed by atoms with van der Waals surface area (Å²) in [6.07, 6.45) is 25.5. The third-order valence-electron chi connectivity index (χ3n) is 21.3. The number of allylic oxidation sites excluding steroid dienone is 3. The molecule has 0 radical (unpaired) electrons. The van der Waals surface area contributed by atoms with E-state index >= 15 is 0 Å². The highest BCUT2D eigenvalue weighted by Crippen LogP contribution is 2.42. The number of carbonyl (C=O) groups excluding carboxylic acids is 1. The molecule has 2 aliphatic carbocycles. The average molecular weight is 1270 g/mol. The van der Waals surface area contributed by atoms with E-state index in [-0.39, 0.29) is 77.0 Å². The number of rotatable bonds is 13. The molecule has 1 amide bonds. The van der Waals surface area contributed by atoms with Crippen molar-refractivity contribution in [3.05, 3.63) is 82.3 Å². The first-order chi connectivity index (χ1) is 42.5. The minimum Gasteiger partial charge on any atom is -0.372 e. The van der Waals surface area contributed by atoms with E-state index in [1.54, 1.807) is 0 Å². The van der Waals surface area contributed by atoms with Crippen molar-refractivity contribution in [2.75, 3.05) is 73.1 Å². The fourth-order valence-electron chi connectivity index (χ4n) is 15.0. The van der Waals surface area contributed by atoms with Crippen LogP contribution in [0.2, 0.25) is 5.02 Å². The number of aliphatic imine (C=N–C) groups is 1. The molecular formula is C71H120ClF3N12O2. The maximum atomic E-state index is 14.9. The molecule has 3 saturated heterocycles. The van der Waals surface area contributed by atoms with Gasteiger partial charge in [0, 0.05) is 162 Å². The topological polar surface area (TPSA) is 127 Å². The summed E-state index contributed by atoms with van der Waals surface area (Å²) in [5.74, 6) is 1.68. The number of piperidine rings is 1. The lowest BCUT2D eigenvalue weighted by Crippen LogP contribution is -2.76. The molecule has 5 fully saturated rings. The van der Waals surface area contributed by atoms with Gasteiger partial charge in [0.25, 0.3) is 0 Å². The largest absolute Gasteiger partial charge is 0.417 e. The molecule has 1 aromatic rings. The smallest absolute Gasteiger partial charge is 0.372 e. The maximum Gasteiger partial charge on any atom is 0.417 e. The normalized spacial score (nSPS) is 30.1. The van der Waals surface area contributed by atoms with E-state index in [9.17, 15) is 18.0 Å². The molecule has 89 heavy (non-hydrogen) atoms. The first kappa shape index (κ1) is 72.7. The summed E-state index contributed by atoms with van der Waals surface area (Å²) in [5.41, 5.74) is 3.07. The molecule has 504 valence electrons. The van der Waals surface area contributed by atoms with Crippen molar-refractivity contribution in [3.63, 3.8) is 0 Å². The van der Waals surface area contributed by atoms with Crippen molar-refractivity contribution in [1.82, 2.24) is 56.4 Å². The standard InChI is InChI=1S/C71H120ClF3N12O2/c1-14-50(5)65-43-80-64(41-49(3)4)53(8)79-44-66-67(69(88)85-37-19-16-20-38-85)56(11)87(66)68(51(6)15-2)54(9)82-70(31-17-18-32-70)48-77-35-34-76-33-30-58(28-26-57-27-29-62(63(72)42-57)71(73,74)75)78-36-40-83(12)45-60(47-89-61-24-21-25-61)84(13)46-59-23-22-39-86(59)55(10)52(7)81-65/h27,29-30,33,36,40,42,45-46,49-56,61,64-68,77-82H,14-26,28,31-32,34-35,37-39,41,43-44,47-48H2,1-13H3/t50-,51-,52?,53?,54?,55-,56?,64-,65+,66?,67-,68-/m0/s1. The number of ether oxygens (including phenoxy) is 1. The Morgan fingerprint density at radius 3 is 2.24 bits per heavy atom. The zero-order valence-electron chi connectivity index (χ0n) is 57.2. The number of benzene rings is 1. The van der Waals surface area contributed by atoms with Gasteiger partial charge in [0.15, 0.2) is 0 Å². The average Bonchev–Trinajstić information content (AvgIpc) is 0.981. The number of likely N-dealkylation sites (tertiary alicyclic amines) is 1. The van der Waals surface area contributed by atoms with Crippen LogP contribution in [0.15, 0.2) is 71.2 Å². The summed E-state index contributed by atoms with van der Waals surface area (Å²) in [6.45, 7) is 33.1. The van der Waals surface area contributed by atoms with Crippen LogP contribution in [-0.4, -0.2) is 176 Å². The number of carbonyl (C=O) groups is 1. The van der Waals surface area contributed by atoms with Gasteiger partial charge in [0.05, 0.1) is 41.5 Å². The van der Waals surface area contributed by atoms with Crippen LogP contribution >= 0.6 is 11.6 Å². The van der Waals surface area contributed by atoms with Gasteiger partial charge in [-0.1, -0.05) is 84.9 Å². The molecule has 1 spiro atoms. The van der Waals surface area contributed by atoms with Crippen molar-refractivity contribution in [1.29, 1.82) is 0 Å². The van der Waals surface area contributed by atoms with Gasteiger partial charge in [-0.15, -0.1) is 0 Å². The van der Waals surface area contributed by atoms with Crippen LogP contribution in [0.25, 0.3) is 0 Å². The first-order valence-electron chi connectivity index (χ1n) is 35.0. The predicted molar refractivity (Wildman–Crippen MR) is 363 cm³/mol. The second-order valence-corrected chi connectivity index (χ2v) is 28.8. The minimum absolute atomic E-state index is 0.0563. The van der Waals surface area contributed by atoms with E-state index in [1.807, 2.05) is 36.6 Å². The summed E-state index contributed by atoms with van der Waals surface area (Å²) in [7, 11) is 4.16. The number of likely N-dealkylation sites (N-methyl/N-ethyl adjacent to an activating group) is 1. The fourth-order valence-corrected chi connectivity index (χ4v) is 15.3. The van der Waals surface area contributed by atoms with Crippen LogP contribution in [0.4, 0.5) is 13.2 Å². The monoisotopic (exact) mass is 1260 g/mol. The molecule has 2 saturated carbocycles. The van der Waals surface area contributed by atoms with Gasteiger partial charge in [0.1, 0.15) is 0 Å². The number of alkyl halides is 3. The molecule has 6 aliphatic rings. The number of halogens is 4. The van der Waals surface area contributed by atoms with Crippen LogP contribution in [0.1, 0.15) is 190 Å².